The number of piperidine rings is 1. The molecule has 20 heavy (non-hydrogen) atoms. The van der Waals surface area contributed by atoms with Crippen LogP contribution in [0.4, 0.5) is 0 Å². The first-order valence-electron chi connectivity index (χ1n) is 8.43. The van der Waals surface area contributed by atoms with Crippen LogP contribution in [0.25, 0.3) is 0 Å². The molecular weight excluding hydrogens is 248 g/mol. The highest BCUT2D eigenvalue weighted by molar-refractivity contribution is 5.03. The van der Waals surface area contributed by atoms with Crippen molar-refractivity contribution in [2.45, 2.75) is 66.0 Å². The summed E-state index contributed by atoms with van der Waals surface area (Å²) in [6, 6.07) is 0.606. The van der Waals surface area contributed by atoms with Gasteiger partial charge >= 0.3 is 0 Å². The smallest absolute Gasteiger partial charge is 0.0655 e. The van der Waals surface area contributed by atoms with E-state index in [0.717, 1.165) is 19.1 Å². The van der Waals surface area contributed by atoms with Crippen molar-refractivity contribution in [1.29, 1.82) is 0 Å². The normalized spacial score (nSPS) is 33.8. The van der Waals surface area contributed by atoms with Crippen LogP contribution in [-0.4, -0.2) is 38.4 Å². The third-order valence-electron chi connectivity index (χ3n) is 5.75. The molecule has 0 spiro atoms. The van der Waals surface area contributed by atoms with Gasteiger partial charge in [-0.2, -0.15) is 0 Å². The summed E-state index contributed by atoms with van der Waals surface area (Å²) in [6.07, 6.45) is 4.30. The lowest BCUT2D eigenvalue weighted by atomic mass is 9.64. The Hall–Kier alpha value is -0.120. The number of nitrogens with one attached hydrogen (secondary N) is 2. The molecule has 3 nitrogen and oxygen atoms in total. The van der Waals surface area contributed by atoms with Crippen LogP contribution in [0.15, 0.2) is 0 Å². The van der Waals surface area contributed by atoms with Gasteiger partial charge in [-0.3, -0.25) is 0 Å². The van der Waals surface area contributed by atoms with Crippen molar-refractivity contribution >= 4 is 0 Å². The van der Waals surface area contributed by atoms with E-state index in [4.69, 9.17) is 4.74 Å². The Kier molecular flexibility index (Phi) is 5.14. The second-order valence-electron chi connectivity index (χ2n) is 7.97. The average molecular weight is 282 g/mol. The van der Waals surface area contributed by atoms with Crippen LogP contribution in [0.1, 0.15) is 53.9 Å². The van der Waals surface area contributed by atoms with Gasteiger partial charge in [0.1, 0.15) is 0 Å². The maximum atomic E-state index is 5.82. The fourth-order valence-electron chi connectivity index (χ4n) is 3.77. The van der Waals surface area contributed by atoms with Crippen molar-refractivity contribution < 1.29 is 4.74 Å². The lowest BCUT2D eigenvalue weighted by molar-refractivity contribution is -0.116. The molecule has 1 saturated carbocycles. The van der Waals surface area contributed by atoms with Crippen molar-refractivity contribution in [2.24, 2.45) is 16.7 Å². The van der Waals surface area contributed by atoms with E-state index >= 15 is 0 Å². The van der Waals surface area contributed by atoms with Gasteiger partial charge in [0.05, 0.1) is 6.10 Å². The third kappa shape index (κ3) is 3.37. The Labute approximate surface area is 125 Å². The van der Waals surface area contributed by atoms with Crippen molar-refractivity contribution in [3.63, 3.8) is 0 Å². The summed E-state index contributed by atoms with van der Waals surface area (Å²) < 4.78 is 5.82. The van der Waals surface area contributed by atoms with E-state index in [-0.39, 0.29) is 5.41 Å². The van der Waals surface area contributed by atoms with E-state index in [0.29, 0.717) is 17.6 Å². The first-order valence-corrected chi connectivity index (χ1v) is 8.43. The van der Waals surface area contributed by atoms with Gasteiger partial charge in [-0.1, -0.05) is 27.7 Å². The van der Waals surface area contributed by atoms with Crippen LogP contribution in [0, 0.1) is 16.7 Å². The topological polar surface area (TPSA) is 33.3 Å². The third-order valence-corrected chi connectivity index (χ3v) is 5.75. The van der Waals surface area contributed by atoms with Crippen molar-refractivity contribution in [2.75, 3.05) is 26.2 Å². The van der Waals surface area contributed by atoms with Crippen molar-refractivity contribution in [3.8, 4) is 0 Å². The second kappa shape index (κ2) is 6.33. The Balaban J connectivity index is 1.80. The fourth-order valence-corrected chi connectivity index (χ4v) is 3.77. The lowest BCUT2D eigenvalue weighted by Gasteiger charge is -2.53. The van der Waals surface area contributed by atoms with E-state index in [2.05, 4.69) is 45.3 Å². The van der Waals surface area contributed by atoms with E-state index in [1.54, 1.807) is 0 Å². The Morgan fingerprint density at radius 1 is 1.35 bits per heavy atom. The molecule has 1 heterocycles. The van der Waals surface area contributed by atoms with Gasteiger partial charge in [0.2, 0.25) is 0 Å². The zero-order valence-corrected chi connectivity index (χ0v) is 14.1. The van der Waals surface area contributed by atoms with E-state index < -0.39 is 0 Å². The van der Waals surface area contributed by atoms with Crippen LogP contribution in [0.2, 0.25) is 0 Å². The molecule has 1 aliphatic heterocycles. The molecule has 1 aliphatic carbocycles. The van der Waals surface area contributed by atoms with E-state index in [1.807, 2.05) is 0 Å². The lowest BCUT2D eigenvalue weighted by Crippen LogP contribution is -2.62. The summed E-state index contributed by atoms with van der Waals surface area (Å²) in [6.45, 7) is 15.9. The molecule has 0 aromatic rings. The minimum absolute atomic E-state index is 0.275. The molecule has 2 N–H and O–H groups in total. The molecular formula is C17H34N2O. The first kappa shape index (κ1) is 16.3. The number of rotatable bonds is 6. The van der Waals surface area contributed by atoms with Crippen LogP contribution >= 0.6 is 0 Å². The molecule has 0 radical (unpaired) electrons. The quantitative estimate of drug-likeness (QED) is 0.786. The van der Waals surface area contributed by atoms with Gasteiger partial charge in [0.15, 0.2) is 0 Å². The highest BCUT2D eigenvalue weighted by Gasteiger charge is 2.49. The summed E-state index contributed by atoms with van der Waals surface area (Å²) in [5.41, 5.74) is 0.650. The molecule has 2 rings (SSSR count). The van der Waals surface area contributed by atoms with Crippen LogP contribution in [-0.2, 0) is 4.74 Å². The summed E-state index contributed by atoms with van der Waals surface area (Å²) in [5.74, 6) is 0.801. The molecule has 0 amide bonds. The van der Waals surface area contributed by atoms with Gasteiger partial charge < -0.3 is 15.4 Å². The zero-order chi connectivity index (χ0) is 14.8. The summed E-state index contributed by atoms with van der Waals surface area (Å²) in [5, 5.41) is 7.38. The Bertz CT molecular complexity index is 308. The van der Waals surface area contributed by atoms with Crippen molar-refractivity contribution in [3.05, 3.63) is 0 Å². The molecule has 118 valence electrons. The zero-order valence-electron chi connectivity index (χ0n) is 14.1. The molecule has 2 aliphatic rings. The molecule has 3 unspecified atom stereocenters. The number of hydrogen-bond donors (Lipinski definition) is 2. The molecule has 0 aromatic heterocycles. The molecule has 3 heteroatoms. The van der Waals surface area contributed by atoms with Crippen LogP contribution in [0.3, 0.4) is 0 Å². The van der Waals surface area contributed by atoms with Gasteiger partial charge in [-0.25, -0.2) is 0 Å². The predicted octanol–water partition coefficient (Wildman–Crippen LogP) is 2.81. The molecule has 2 fully saturated rings. The minimum atomic E-state index is 0.275. The Morgan fingerprint density at radius 3 is 2.65 bits per heavy atom. The molecule has 0 bridgehead atoms. The van der Waals surface area contributed by atoms with E-state index in [1.165, 1.54) is 32.4 Å². The summed E-state index contributed by atoms with van der Waals surface area (Å²) in [7, 11) is 0. The second-order valence-corrected chi connectivity index (χ2v) is 7.97. The predicted molar refractivity (Wildman–Crippen MR) is 85.0 cm³/mol. The minimum Gasteiger partial charge on any atom is -0.378 e. The van der Waals surface area contributed by atoms with Gasteiger partial charge in [-0.05, 0) is 50.6 Å². The van der Waals surface area contributed by atoms with Crippen LogP contribution in [0.5, 0.6) is 0 Å². The van der Waals surface area contributed by atoms with E-state index in [9.17, 15) is 0 Å². The van der Waals surface area contributed by atoms with Crippen LogP contribution < -0.4 is 10.6 Å². The SMILES string of the molecule is CCOC1CC(NCC(C)(C)C2CCCNC2)C1(C)C. The molecule has 0 aromatic carbocycles. The monoisotopic (exact) mass is 282 g/mol. The average Bonchev–Trinajstić information content (AvgIpc) is 2.43. The van der Waals surface area contributed by atoms with Gasteiger partial charge in [0, 0.05) is 24.6 Å². The fraction of sp³-hybridized carbons (Fsp3) is 1.00. The standard InChI is InChI=1S/C17H34N2O/c1-6-20-15-10-14(17(15,4)5)19-12-16(2,3)13-8-7-9-18-11-13/h13-15,18-19H,6-12H2,1-5H3. The largest absolute Gasteiger partial charge is 0.378 e. The number of hydrogen-bond acceptors (Lipinski definition) is 3. The highest BCUT2D eigenvalue weighted by atomic mass is 16.5. The van der Waals surface area contributed by atoms with Crippen molar-refractivity contribution in [1.82, 2.24) is 10.6 Å². The highest BCUT2D eigenvalue weighted by Crippen LogP contribution is 2.43. The van der Waals surface area contributed by atoms with Gasteiger partial charge in [-0.15, -0.1) is 0 Å². The molecule has 1 saturated heterocycles. The summed E-state index contributed by atoms with van der Waals surface area (Å²) >= 11 is 0. The number of ether oxygens (including phenoxy) is 1. The maximum absolute atomic E-state index is 5.82. The summed E-state index contributed by atoms with van der Waals surface area (Å²) in [4.78, 5) is 0. The Morgan fingerprint density at radius 2 is 2.10 bits per heavy atom. The maximum Gasteiger partial charge on any atom is 0.0655 e. The molecule has 3 atom stereocenters. The van der Waals surface area contributed by atoms with Gasteiger partial charge in [0.25, 0.3) is 0 Å². The first-order chi connectivity index (χ1) is 9.38.